The lowest BCUT2D eigenvalue weighted by atomic mass is 10.0. The Morgan fingerprint density at radius 2 is 2.00 bits per heavy atom. The highest BCUT2D eigenvalue weighted by molar-refractivity contribution is 7.18. The van der Waals surface area contributed by atoms with Gasteiger partial charge in [-0.1, -0.05) is 12.1 Å². The van der Waals surface area contributed by atoms with E-state index in [1.165, 1.54) is 21.7 Å². The van der Waals surface area contributed by atoms with Gasteiger partial charge in [-0.25, -0.2) is 4.98 Å². The second kappa shape index (κ2) is 8.84. The Hall–Kier alpha value is -2.58. The van der Waals surface area contributed by atoms with Gasteiger partial charge in [-0.3, -0.25) is 4.79 Å². The van der Waals surface area contributed by atoms with Crippen LogP contribution in [0.2, 0.25) is 0 Å². The molecule has 1 aromatic heterocycles. The summed E-state index contributed by atoms with van der Waals surface area (Å²) < 4.78 is 30.0. The van der Waals surface area contributed by atoms with Gasteiger partial charge in [0.1, 0.15) is 11.8 Å². The maximum absolute atomic E-state index is 12.6. The number of piperidine rings is 1. The van der Waals surface area contributed by atoms with E-state index >= 15 is 0 Å². The fourth-order valence-corrected chi connectivity index (χ4v) is 4.92. The summed E-state index contributed by atoms with van der Waals surface area (Å²) in [6, 6.07) is 14.3. The number of fused-ring (bicyclic) bond motifs is 1. The van der Waals surface area contributed by atoms with E-state index in [-0.39, 0.29) is 17.7 Å². The van der Waals surface area contributed by atoms with Crippen molar-refractivity contribution in [2.45, 2.75) is 31.9 Å². The van der Waals surface area contributed by atoms with Crippen molar-refractivity contribution in [2.24, 2.45) is 0 Å². The molecule has 0 saturated carbocycles. The molecule has 4 rings (SSSR count). The monoisotopic (exact) mass is 418 g/mol. The van der Waals surface area contributed by atoms with Gasteiger partial charge < -0.3 is 15.0 Å². The number of likely N-dealkylation sites (tertiary alicyclic amines) is 1. The van der Waals surface area contributed by atoms with Crippen LogP contribution in [0.15, 0.2) is 48.5 Å². The molecule has 2 aromatic carbocycles. The van der Waals surface area contributed by atoms with Crippen LogP contribution in [0.25, 0.3) is 10.2 Å². The molecular weight excluding hydrogens is 396 g/mol. The number of nitrogens with zero attached hydrogens (tertiary/aromatic N) is 1. The van der Waals surface area contributed by atoms with Crippen molar-refractivity contribution in [3.8, 4) is 5.75 Å². The number of rotatable bonds is 6. The molecule has 1 saturated heterocycles. The Kier molecular flexibility index (Phi) is 6.01. The maximum atomic E-state index is 12.6. The van der Waals surface area contributed by atoms with Crippen LogP contribution in [0, 0.1) is 0 Å². The number of aromatic nitrogens is 1. The molecule has 5 nitrogen and oxygen atoms in total. The van der Waals surface area contributed by atoms with Crippen molar-refractivity contribution < 1.29 is 23.2 Å². The number of carbonyl (C=O) groups excluding carboxylic acids is 1. The van der Waals surface area contributed by atoms with Crippen LogP contribution >= 0.6 is 11.3 Å². The minimum absolute atomic E-state index is 0.0653. The average Bonchev–Trinajstić information content (AvgIpc) is 3.13. The van der Waals surface area contributed by atoms with Crippen LogP contribution in [0.5, 0.6) is 5.75 Å². The number of nitrogens with one attached hydrogen (secondary N) is 2. The van der Waals surface area contributed by atoms with E-state index in [9.17, 15) is 13.6 Å². The zero-order chi connectivity index (χ0) is 20.2. The molecule has 2 heterocycles. The van der Waals surface area contributed by atoms with E-state index in [1.807, 2.05) is 18.2 Å². The topological polar surface area (TPSA) is 55.7 Å². The number of amides is 1. The Balaban J connectivity index is 1.41. The fourth-order valence-electron chi connectivity index (χ4n) is 3.76. The molecule has 0 bridgehead atoms. The third-order valence-corrected chi connectivity index (χ3v) is 6.24. The molecule has 0 spiro atoms. The zero-order valence-corrected chi connectivity index (χ0v) is 16.6. The second-order valence-corrected chi connectivity index (χ2v) is 8.17. The number of alkyl halides is 2. The quantitative estimate of drug-likeness (QED) is 0.643. The summed E-state index contributed by atoms with van der Waals surface area (Å²) in [6.07, 6.45) is 3.24. The smallest absolute Gasteiger partial charge is 0.387 e. The fraction of sp³-hybridized carbons (Fsp3) is 0.333. The number of thiazole rings is 1. The number of carbonyl (C=O) groups is 1. The first-order valence-electron chi connectivity index (χ1n) is 9.63. The number of anilines is 1. The van der Waals surface area contributed by atoms with E-state index in [0.717, 1.165) is 36.3 Å². The van der Waals surface area contributed by atoms with Gasteiger partial charge in [0.2, 0.25) is 0 Å². The van der Waals surface area contributed by atoms with Crippen molar-refractivity contribution in [1.82, 2.24) is 4.98 Å². The Morgan fingerprint density at radius 1 is 1.21 bits per heavy atom. The number of ether oxygens (including phenoxy) is 1. The van der Waals surface area contributed by atoms with Crippen molar-refractivity contribution in [3.05, 3.63) is 53.5 Å². The van der Waals surface area contributed by atoms with Crippen LogP contribution in [0.3, 0.4) is 0 Å². The standard InChI is InChI=1S/C21H21F2N3O2S/c22-21(23)28-15-10-8-14(9-11-15)24-19(27)13-26-12-4-3-6-17(26)20-25-16-5-1-2-7-18(16)29-20/h1-2,5,7-11,17,21H,3-4,6,12-13H2,(H,24,27)/p+1/t17-/m1/s1. The maximum Gasteiger partial charge on any atom is 0.387 e. The molecule has 2 atom stereocenters. The first kappa shape index (κ1) is 19.7. The summed E-state index contributed by atoms with van der Waals surface area (Å²) >= 11 is 1.71. The minimum Gasteiger partial charge on any atom is -0.435 e. The lowest BCUT2D eigenvalue weighted by molar-refractivity contribution is -0.929. The largest absolute Gasteiger partial charge is 0.435 e. The van der Waals surface area contributed by atoms with Crippen molar-refractivity contribution in [1.29, 1.82) is 0 Å². The molecule has 1 aliphatic rings. The van der Waals surface area contributed by atoms with Crippen LogP contribution in [-0.4, -0.2) is 30.6 Å². The van der Waals surface area contributed by atoms with E-state index in [2.05, 4.69) is 16.1 Å². The lowest BCUT2D eigenvalue weighted by Crippen LogP contribution is -3.14. The van der Waals surface area contributed by atoms with E-state index in [1.54, 1.807) is 23.5 Å². The molecule has 3 aromatic rings. The highest BCUT2D eigenvalue weighted by Gasteiger charge is 2.31. The van der Waals surface area contributed by atoms with Gasteiger partial charge in [0, 0.05) is 12.1 Å². The molecule has 1 fully saturated rings. The van der Waals surface area contributed by atoms with Crippen LogP contribution in [-0.2, 0) is 4.79 Å². The van der Waals surface area contributed by atoms with Crippen molar-refractivity contribution in [2.75, 3.05) is 18.4 Å². The number of hydrogen-bond donors (Lipinski definition) is 2. The molecule has 2 N–H and O–H groups in total. The Morgan fingerprint density at radius 3 is 2.76 bits per heavy atom. The molecular formula is C21H22F2N3O2S+. The van der Waals surface area contributed by atoms with Gasteiger partial charge in [0.05, 0.1) is 16.8 Å². The highest BCUT2D eigenvalue weighted by Crippen LogP contribution is 2.28. The van der Waals surface area contributed by atoms with Crippen molar-refractivity contribution in [3.63, 3.8) is 0 Å². The molecule has 0 radical (unpaired) electrons. The highest BCUT2D eigenvalue weighted by atomic mass is 32.1. The summed E-state index contributed by atoms with van der Waals surface area (Å²) in [5, 5.41) is 3.93. The van der Waals surface area contributed by atoms with Crippen LogP contribution in [0.4, 0.5) is 14.5 Å². The third-order valence-electron chi connectivity index (χ3n) is 5.09. The normalized spacial score (nSPS) is 19.4. The number of para-hydroxylation sites is 1. The lowest BCUT2D eigenvalue weighted by Gasteiger charge is -2.30. The van der Waals surface area contributed by atoms with Gasteiger partial charge >= 0.3 is 6.61 Å². The van der Waals surface area contributed by atoms with Gasteiger partial charge in [-0.05, 0) is 49.2 Å². The predicted octanol–water partition coefficient (Wildman–Crippen LogP) is 3.65. The number of halogens is 2. The summed E-state index contributed by atoms with van der Waals surface area (Å²) in [5.74, 6) is -0.0360. The van der Waals surface area contributed by atoms with Gasteiger partial charge in [0.15, 0.2) is 11.6 Å². The molecule has 8 heteroatoms. The summed E-state index contributed by atoms with van der Waals surface area (Å²) in [5.41, 5.74) is 1.57. The van der Waals surface area contributed by atoms with Gasteiger partial charge in [-0.15, -0.1) is 11.3 Å². The summed E-state index contributed by atoms with van der Waals surface area (Å²) in [7, 11) is 0. The molecule has 152 valence electrons. The second-order valence-electron chi connectivity index (χ2n) is 7.10. The number of quaternary nitrogens is 1. The zero-order valence-electron chi connectivity index (χ0n) is 15.7. The molecule has 1 amide bonds. The van der Waals surface area contributed by atoms with E-state index in [4.69, 9.17) is 4.98 Å². The third kappa shape index (κ3) is 4.89. The predicted molar refractivity (Wildman–Crippen MR) is 109 cm³/mol. The van der Waals surface area contributed by atoms with Crippen LogP contribution < -0.4 is 15.0 Å². The van der Waals surface area contributed by atoms with Gasteiger partial charge in [0.25, 0.3) is 5.91 Å². The van der Waals surface area contributed by atoms with Gasteiger partial charge in [-0.2, -0.15) is 8.78 Å². The SMILES string of the molecule is O=C(C[NH+]1CCCC[C@@H]1c1nc2ccccc2s1)Nc1ccc(OC(F)F)cc1. The molecule has 1 aliphatic heterocycles. The average molecular weight is 418 g/mol. The van der Waals surface area contributed by atoms with Crippen molar-refractivity contribution >= 4 is 33.1 Å². The summed E-state index contributed by atoms with van der Waals surface area (Å²) in [6.45, 7) is -1.59. The Bertz CT molecular complexity index is 944. The Labute approximate surface area is 171 Å². The molecule has 0 aliphatic carbocycles. The molecule has 1 unspecified atom stereocenters. The first-order valence-corrected chi connectivity index (χ1v) is 10.4. The molecule has 29 heavy (non-hydrogen) atoms. The van der Waals surface area contributed by atoms with E-state index in [0.29, 0.717) is 12.2 Å². The summed E-state index contributed by atoms with van der Waals surface area (Å²) in [4.78, 5) is 18.6. The number of benzene rings is 2. The first-order chi connectivity index (χ1) is 14.1. The van der Waals surface area contributed by atoms with E-state index < -0.39 is 6.61 Å². The van der Waals surface area contributed by atoms with Crippen LogP contribution in [0.1, 0.15) is 30.3 Å². The minimum atomic E-state index is -2.86. The number of hydrogen-bond acceptors (Lipinski definition) is 4.